The number of Topliss-reactive ketones (excluding diaryl/α,β-unsaturated/α-hetero) is 1. The number of aliphatic imine (C=N–C) groups is 1. The van der Waals surface area contributed by atoms with Gasteiger partial charge in [-0.05, 0) is 18.2 Å². The highest BCUT2D eigenvalue weighted by atomic mass is 16.7. The average molecular weight is 306 g/mol. The zero-order chi connectivity index (χ0) is 16.2. The fourth-order valence-corrected chi connectivity index (χ4v) is 2.27. The molecule has 23 heavy (non-hydrogen) atoms. The van der Waals surface area contributed by atoms with Gasteiger partial charge in [0.05, 0.1) is 11.4 Å². The minimum atomic E-state index is -0.471. The largest absolute Gasteiger partial charge is 0.344 e. The molecule has 114 valence electrons. The molecule has 5 heteroatoms. The van der Waals surface area contributed by atoms with Gasteiger partial charge < -0.3 is 4.84 Å². The van der Waals surface area contributed by atoms with Crippen LogP contribution in [0.2, 0.25) is 0 Å². The van der Waals surface area contributed by atoms with Gasteiger partial charge in [-0.3, -0.25) is 9.59 Å². The van der Waals surface area contributed by atoms with E-state index in [1.807, 2.05) is 36.4 Å². The maximum atomic E-state index is 12.6. The van der Waals surface area contributed by atoms with E-state index in [1.54, 1.807) is 24.3 Å². The first-order valence-electron chi connectivity index (χ1n) is 7.08. The van der Waals surface area contributed by atoms with Crippen LogP contribution in [0.15, 0.2) is 65.7 Å². The number of allylic oxidation sites excluding steroid dienone is 1. The average Bonchev–Trinajstić information content (AvgIpc) is 2.57. The van der Waals surface area contributed by atoms with Crippen LogP contribution in [0.3, 0.4) is 0 Å². The summed E-state index contributed by atoms with van der Waals surface area (Å²) in [7, 11) is 0. The number of nitrogens with one attached hydrogen (secondary N) is 1. The van der Waals surface area contributed by atoms with Gasteiger partial charge in [-0.2, -0.15) is 0 Å². The van der Waals surface area contributed by atoms with Gasteiger partial charge in [0.25, 0.3) is 0 Å². The van der Waals surface area contributed by atoms with E-state index in [0.29, 0.717) is 22.5 Å². The first-order valence-corrected chi connectivity index (χ1v) is 7.08. The molecule has 0 fully saturated rings. The quantitative estimate of drug-likeness (QED) is 0.885. The molecule has 0 saturated carbocycles. The summed E-state index contributed by atoms with van der Waals surface area (Å²) < 4.78 is 0. The summed E-state index contributed by atoms with van der Waals surface area (Å²) in [6, 6.07) is 16.3. The summed E-state index contributed by atoms with van der Waals surface area (Å²) in [5.74, 6) is -0.639. The Kier molecular flexibility index (Phi) is 4.01. The SMILES string of the molecule is CC(=O)ONC1=CC(=Nc2ccccc2)C(=O)c2ccccc21. The van der Waals surface area contributed by atoms with Gasteiger partial charge in [0.15, 0.2) is 0 Å². The maximum Gasteiger partial charge on any atom is 0.329 e. The molecule has 0 heterocycles. The van der Waals surface area contributed by atoms with Crippen molar-refractivity contribution in [2.24, 2.45) is 4.99 Å². The van der Waals surface area contributed by atoms with Crippen LogP contribution in [-0.2, 0) is 9.63 Å². The van der Waals surface area contributed by atoms with E-state index in [2.05, 4.69) is 10.5 Å². The lowest BCUT2D eigenvalue weighted by Gasteiger charge is -2.18. The van der Waals surface area contributed by atoms with Gasteiger partial charge in [0, 0.05) is 18.1 Å². The van der Waals surface area contributed by atoms with Crippen molar-refractivity contribution in [2.45, 2.75) is 6.92 Å². The summed E-state index contributed by atoms with van der Waals surface area (Å²) in [4.78, 5) is 32.9. The molecule has 3 rings (SSSR count). The van der Waals surface area contributed by atoms with E-state index < -0.39 is 5.97 Å². The number of ketones is 1. The first kappa shape index (κ1) is 14.7. The Morgan fingerprint density at radius 2 is 1.65 bits per heavy atom. The van der Waals surface area contributed by atoms with E-state index in [9.17, 15) is 9.59 Å². The first-order chi connectivity index (χ1) is 11.1. The van der Waals surface area contributed by atoms with Crippen molar-refractivity contribution in [3.05, 3.63) is 71.8 Å². The molecule has 5 nitrogen and oxygen atoms in total. The molecule has 0 aromatic heterocycles. The zero-order valence-corrected chi connectivity index (χ0v) is 12.4. The lowest BCUT2D eigenvalue weighted by atomic mass is 9.92. The number of fused-ring (bicyclic) bond motifs is 1. The maximum absolute atomic E-state index is 12.6. The standard InChI is InChI=1S/C18H14N2O3/c1-12(21)23-20-16-11-17(19-13-7-3-2-4-8-13)18(22)15-10-6-5-9-14(15)16/h2-11,20H,1H3. The summed E-state index contributed by atoms with van der Waals surface area (Å²) in [6.07, 6.45) is 1.58. The van der Waals surface area contributed by atoms with Crippen molar-refractivity contribution < 1.29 is 14.4 Å². The highest BCUT2D eigenvalue weighted by Crippen LogP contribution is 2.25. The third kappa shape index (κ3) is 3.18. The Morgan fingerprint density at radius 1 is 1.00 bits per heavy atom. The third-order valence-electron chi connectivity index (χ3n) is 3.29. The number of hydrogen-bond acceptors (Lipinski definition) is 5. The van der Waals surface area contributed by atoms with Crippen LogP contribution in [0, 0.1) is 0 Å². The molecule has 0 atom stereocenters. The van der Waals surface area contributed by atoms with E-state index in [4.69, 9.17) is 4.84 Å². The summed E-state index contributed by atoms with van der Waals surface area (Å²) in [6.45, 7) is 1.30. The normalized spacial score (nSPS) is 14.9. The predicted molar refractivity (Wildman–Crippen MR) is 87.2 cm³/mol. The second-order valence-electron chi connectivity index (χ2n) is 4.96. The molecule has 0 radical (unpaired) electrons. The molecule has 0 aliphatic heterocycles. The van der Waals surface area contributed by atoms with Crippen molar-refractivity contribution in [3.8, 4) is 0 Å². The Bertz CT molecular complexity index is 823. The topological polar surface area (TPSA) is 67.8 Å². The second kappa shape index (κ2) is 6.27. The zero-order valence-electron chi connectivity index (χ0n) is 12.4. The van der Waals surface area contributed by atoms with Crippen LogP contribution in [0.1, 0.15) is 22.8 Å². The monoisotopic (exact) mass is 306 g/mol. The van der Waals surface area contributed by atoms with Crippen molar-refractivity contribution in [1.82, 2.24) is 5.48 Å². The molecule has 0 bridgehead atoms. The van der Waals surface area contributed by atoms with Crippen molar-refractivity contribution in [3.63, 3.8) is 0 Å². The second-order valence-corrected chi connectivity index (χ2v) is 4.96. The smallest absolute Gasteiger partial charge is 0.329 e. The summed E-state index contributed by atoms with van der Waals surface area (Å²) in [5, 5.41) is 0. The molecular weight excluding hydrogens is 292 g/mol. The molecule has 0 spiro atoms. The molecule has 0 unspecified atom stereocenters. The Labute approximate surface area is 133 Å². The van der Waals surface area contributed by atoms with E-state index in [1.165, 1.54) is 6.92 Å². The highest BCUT2D eigenvalue weighted by Gasteiger charge is 2.24. The number of hydrogen-bond donors (Lipinski definition) is 1. The fraction of sp³-hybridized carbons (Fsp3) is 0.0556. The van der Waals surface area contributed by atoms with Crippen LogP contribution in [0.4, 0.5) is 5.69 Å². The van der Waals surface area contributed by atoms with Gasteiger partial charge in [0.2, 0.25) is 5.78 Å². The number of benzene rings is 2. The fourth-order valence-electron chi connectivity index (χ4n) is 2.27. The van der Waals surface area contributed by atoms with Crippen LogP contribution < -0.4 is 5.48 Å². The van der Waals surface area contributed by atoms with Crippen molar-refractivity contribution in [2.75, 3.05) is 0 Å². The number of carbonyl (C=O) groups is 2. The summed E-state index contributed by atoms with van der Waals surface area (Å²) >= 11 is 0. The van der Waals surface area contributed by atoms with E-state index >= 15 is 0 Å². The molecule has 1 aliphatic rings. The van der Waals surface area contributed by atoms with Crippen LogP contribution in [0.5, 0.6) is 0 Å². The number of rotatable bonds is 3. The molecule has 1 aliphatic carbocycles. The number of hydroxylamine groups is 1. The predicted octanol–water partition coefficient (Wildman–Crippen LogP) is 3.06. The minimum absolute atomic E-state index is 0.169. The van der Waals surface area contributed by atoms with E-state index in [-0.39, 0.29) is 11.5 Å². The van der Waals surface area contributed by atoms with Gasteiger partial charge >= 0.3 is 5.97 Å². The lowest BCUT2D eigenvalue weighted by molar-refractivity contribution is -0.145. The molecular formula is C18H14N2O3. The minimum Gasteiger partial charge on any atom is -0.344 e. The third-order valence-corrected chi connectivity index (χ3v) is 3.29. The number of carbonyl (C=O) groups excluding carboxylic acids is 2. The van der Waals surface area contributed by atoms with E-state index in [0.717, 1.165) is 0 Å². The highest BCUT2D eigenvalue weighted by molar-refractivity contribution is 6.53. The molecule has 0 saturated heterocycles. The van der Waals surface area contributed by atoms with Gasteiger partial charge in [-0.15, -0.1) is 0 Å². The van der Waals surface area contributed by atoms with Crippen LogP contribution >= 0.6 is 0 Å². The van der Waals surface area contributed by atoms with Gasteiger partial charge in [0.1, 0.15) is 5.71 Å². The number of para-hydroxylation sites is 1. The van der Waals surface area contributed by atoms with Gasteiger partial charge in [-0.25, -0.2) is 10.5 Å². The Balaban J connectivity index is 2.04. The van der Waals surface area contributed by atoms with Gasteiger partial charge in [-0.1, -0.05) is 42.5 Å². The Hall–Kier alpha value is -3.21. The summed E-state index contributed by atoms with van der Waals surface area (Å²) in [5.41, 5.74) is 5.26. The van der Waals surface area contributed by atoms with Crippen molar-refractivity contribution >= 4 is 28.8 Å². The molecule has 2 aromatic carbocycles. The molecule has 2 aromatic rings. The van der Waals surface area contributed by atoms with Crippen LogP contribution in [-0.4, -0.2) is 17.5 Å². The lowest BCUT2D eigenvalue weighted by Crippen LogP contribution is -2.25. The van der Waals surface area contributed by atoms with Crippen molar-refractivity contribution in [1.29, 1.82) is 0 Å². The Morgan fingerprint density at radius 3 is 2.35 bits per heavy atom. The molecule has 1 N–H and O–H groups in total. The number of nitrogens with zero attached hydrogens (tertiary/aromatic N) is 1. The molecule has 0 amide bonds. The van der Waals surface area contributed by atoms with Crippen LogP contribution in [0.25, 0.3) is 5.70 Å².